The van der Waals surface area contributed by atoms with Gasteiger partial charge in [-0.15, -0.1) is 0 Å². The highest BCUT2D eigenvalue weighted by Crippen LogP contribution is 2.30. The van der Waals surface area contributed by atoms with Gasteiger partial charge in [-0.3, -0.25) is 9.69 Å². The van der Waals surface area contributed by atoms with Crippen LogP contribution in [0, 0.1) is 0 Å². The summed E-state index contributed by atoms with van der Waals surface area (Å²) in [6.07, 6.45) is 2.62. The number of nitrogens with one attached hydrogen (secondary N) is 1. The summed E-state index contributed by atoms with van der Waals surface area (Å²) in [4.78, 5) is 14.1. The molecule has 1 heterocycles. The van der Waals surface area contributed by atoms with Crippen LogP contribution in [0.1, 0.15) is 31.4 Å². The molecule has 7 heteroatoms. The zero-order valence-corrected chi connectivity index (χ0v) is 18.0. The Kier molecular flexibility index (Phi) is 7.12. The molecular formula is C22H23ClN2O3S. The molecule has 5 nitrogen and oxygen atoms in total. The number of carbonyl (C=O) groups is 1. The molecular weight excluding hydrogens is 408 g/mol. The third kappa shape index (κ3) is 5.28. The Bertz CT molecular complexity index is 928. The average Bonchev–Trinajstić information content (AvgIpc) is 2.97. The van der Waals surface area contributed by atoms with E-state index >= 15 is 0 Å². The van der Waals surface area contributed by atoms with E-state index in [1.54, 1.807) is 11.0 Å². The van der Waals surface area contributed by atoms with E-state index in [1.165, 1.54) is 0 Å². The molecule has 29 heavy (non-hydrogen) atoms. The van der Waals surface area contributed by atoms with E-state index in [4.69, 9.17) is 33.3 Å². The summed E-state index contributed by atoms with van der Waals surface area (Å²) in [6, 6.07) is 13.1. The first-order chi connectivity index (χ1) is 14.0. The number of rotatable bonds is 8. The summed E-state index contributed by atoms with van der Waals surface area (Å²) in [7, 11) is 0. The summed E-state index contributed by atoms with van der Waals surface area (Å²) >= 11 is 11.2. The summed E-state index contributed by atoms with van der Waals surface area (Å²) in [5.74, 6) is 1.14. The average molecular weight is 431 g/mol. The van der Waals surface area contributed by atoms with E-state index in [0.717, 1.165) is 17.5 Å². The van der Waals surface area contributed by atoms with Crippen molar-refractivity contribution in [2.24, 2.45) is 0 Å². The highest BCUT2D eigenvalue weighted by Gasteiger charge is 2.29. The van der Waals surface area contributed by atoms with Gasteiger partial charge in [0, 0.05) is 11.6 Å². The maximum atomic E-state index is 12.5. The van der Waals surface area contributed by atoms with Crippen molar-refractivity contribution in [3.8, 4) is 11.5 Å². The van der Waals surface area contributed by atoms with E-state index < -0.39 is 0 Å². The highest BCUT2D eigenvalue weighted by atomic mass is 35.5. The molecule has 0 saturated carbocycles. The second-order valence-electron chi connectivity index (χ2n) is 6.50. The quantitative estimate of drug-likeness (QED) is 0.482. The Labute approximate surface area is 181 Å². The van der Waals surface area contributed by atoms with E-state index in [-0.39, 0.29) is 5.91 Å². The van der Waals surface area contributed by atoms with Crippen LogP contribution in [0.4, 0.5) is 0 Å². The third-order valence-corrected chi connectivity index (χ3v) is 4.87. The fraction of sp³-hybridized carbons (Fsp3) is 0.273. The highest BCUT2D eigenvalue weighted by molar-refractivity contribution is 7.80. The number of hydrogen-bond donors (Lipinski definition) is 1. The maximum Gasteiger partial charge on any atom is 0.276 e. The number of thiocarbonyl (C=S) groups is 1. The van der Waals surface area contributed by atoms with Gasteiger partial charge in [-0.1, -0.05) is 36.7 Å². The fourth-order valence-electron chi connectivity index (χ4n) is 2.91. The lowest BCUT2D eigenvalue weighted by molar-refractivity contribution is -0.122. The summed E-state index contributed by atoms with van der Waals surface area (Å²) in [6.45, 7) is 5.43. The Balaban J connectivity index is 1.77. The number of halogens is 1. The van der Waals surface area contributed by atoms with Gasteiger partial charge in [-0.05, 0) is 67.0 Å². The normalized spacial score (nSPS) is 15.0. The number of benzene rings is 2. The second kappa shape index (κ2) is 9.76. The van der Waals surface area contributed by atoms with Gasteiger partial charge in [0.15, 0.2) is 16.6 Å². The summed E-state index contributed by atoms with van der Waals surface area (Å²) < 4.78 is 11.7. The minimum atomic E-state index is -0.113. The number of hydrogen-bond acceptors (Lipinski definition) is 4. The van der Waals surface area contributed by atoms with Crippen molar-refractivity contribution in [3.63, 3.8) is 0 Å². The number of amides is 1. The Hall–Kier alpha value is -2.57. The topological polar surface area (TPSA) is 50.8 Å². The van der Waals surface area contributed by atoms with Crippen LogP contribution in [0.2, 0.25) is 5.02 Å². The van der Waals surface area contributed by atoms with E-state index in [1.807, 2.05) is 56.3 Å². The minimum Gasteiger partial charge on any atom is -0.490 e. The lowest BCUT2D eigenvalue weighted by Crippen LogP contribution is -2.31. The molecule has 1 aliphatic rings. The largest absolute Gasteiger partial charge is 0.490 e. The molecule has 0 aliphatic carbocycles. The van der Waals surface area contributed by atoms with Crippen molar-refractivity contribution in [1.29, 1.82) is 0 Å². The first kappa shape index (κ1) is 21.1. The Morgan fingerprint density at radius 2 is 1.86 bits per heavy atom. The lowest BCUT2D eigenvalue weighted by atomic mass is 10.1. The van der Waals surface area contributed by atoms with Crippen LogP contribution in [0.25, 0.3) is 6.08 Å². The zero-order chi connectivity index (χ0) is 20.8. The fourth-order valence-corrected chi connectivity index (χ4v) is 3.32. The second-order valence-corrected chi connectivity index (χ2v) is 7.32. The van der Waals surface area contributed by atoms with Gasteiger partial charge in [0.1, 0.15) is 12.3 Å². The van der Waals surface area contributed by atoms with Crippen LogP contribution in [0.5, 0.6) is 11.5 Å². The van der Waals surface area contributed by atoms with Gasteiger partial charge in [0.05, 0.1) is 6.61 Å². The van der Waals surface area contributed by atoms with Crippen molar-refractivity contribution < 1.29 is 14.3 Å². The molecule has 0 unspecified atom stereocenters. The zero-order valence-electron chi connectivity index (χ0n) is 16.4. The Morgan fingerprint density at radius 3 is 2.55 bits per heavy atom. The minimum absolute atomic E-state index is 0.113. The molecule has 152 valence electrons. The summed E-state index contributed by atoms with van der Waals surface area (Å²) in [5.41, 5.74) is 2.29. The third-order valence-electron chi connectivity index (χ3n) is 4.30. The van der Waals surface area contributed by atoms with Gasteiger partial charge < -0.3 is 14.8 Å². The molecule has 0 atom stereocenters. The van der Waals surface area contributed by atoms with Crippen LogP contribution >= 0.6 is 23.8 Å². The first-order valence-corrected chi connectivity index (χ1v) is 10.3. The molecule has 2 aromatic rings. The smallest absolute Gasteiger partial charge is 0.276 e. The van der Waals surface area contributed by atoms with Gasteiger partial charge in [-0.25, -0.2) is 0 Å². The SMILES string of the molecule is CCCN1C(=O)C(=Cc2ccc(OCc3ccc(Cl)cc3)c(OCC)c2)NC1=S. The van der Waals surface area contributed by atoms with Crippen molar-refractivity contribution in [2.45, 2.75) is 26.9 Å². The lowest BCUT2D eigenvalue weighted by Gasteiger charge is -2.13. The molecule has 1 amide bonds. The standard InChI is InChI=1S/C22H23ClN2O3S/c1-3-11-25-21(26)18(24-22(25)29)12-16-7-10-19(20(13-16)27-4-2)28-14-15-5-8-17(23)9-6-15/h5-10,12-13H,3-4,11,14H2,1-2H3,(H,24,29). The van der Waals surface area contributed by atoms with Gasteiger partial charge in [0.25, 0.3) is 5.91 Å². The molecule has 1 N–H and O–H groups in total. The molecule has 3 rings (SSSR count). The van der Waals surface area contributed by atoms with Gasteiger partial charge in [-0.2, -0.15) is 0 Å². The first-order valence-electron chi connectivity index (χ1n) is 9.50. The van der Waals surface area contributed by atoms with Crippen LogP contribution in [0.3, 0.4) is 0 Å². The van der Waals surface area contributed by atoms with Gasteiger partial charge >= 0.3 is 0 Å². The molecule has 0 bridgehead atoms. The van der Waals surface area contributed by atoms with E-state index in [2.05, 4.69) is 5.32 Å². The number of ether oxygens (including phenoxy) is 2. The van der Waals surface area contributed by atoms with Crippen LogP contribution in [0.15, 0.2) is 48.2 Å². The van der Waals surface area contributed by atoms with E-state index in [9.17, 15) is 4.79 Å². The van der Waals surface area contributed by atoms with Gasteiger partial charge in [0.2, 0.25) is 0 Å². The molecule has 0 spiro atoms. The number of nitrogens with zero attached hydrogens (tertiary/aromatic N) is 1. The number of carbonyl (C=O) groups excluding carboxylic acids is 1. The molecule has 1 aliphatic heterocycles. The van der Waals surface area contributed by atoms with Crippen LogP contribution in [-0.4, -0.2) is 29.1 Å². The molecule has 0 aromatic heterocycles. The van der Waals surface area contributed by atoms with Crippen LogP contribution < -0.4 is 14.8 Å². The molecule has 1 fully saturated rings. The van der Waals surface area contributed by atoms with Crippen molar-refractivity contribution in [3.05, 3.63) is 64.3 Å². The van der Waals surface area contributed by atoms with Crippen molar-refractivity contribution >= 4 is 40.9 Å². The predicted molar refractivity (Wildman–Crippen MR) is 119 cm³/mol. The monoisotopic (exact) mass is 430 g/mol. The summed E-state index contributed by atoms with van der Waals surface area (Å²) in [5, 5.41) is 4.12. The van der Waals surface area contributed by atoms with E-state index in [0.29, 0.717) is 47.1 Å². The van der Waals surface area contributed by atoms with Crippen LogP contribution in [-0.2, 0) is 11.4 Å². The maximum absolute atomic E-state index is 12.5. The molecule has 2 aromatic carbocycles. The molecule has 1 saturated heterocycles. The van der Waals surface area contributed by atoms with Crippen molar-refractivity contribution in [2.75, 3.05) is 13.2 Å². The predicted octanol–water partition coefficient (Wildman–Crippen LogP) is 4.79. The Morgan fingerprint density at radius 1 is 1.10 bits per heavy atom. The van der Waals surface area contributed by atoms with Crippen molar-refractivity contribution in [1.82, 2.24) is 10.2 Å². The molecule has 0 radical (unpaired) electrons.